The molecular weight excluding hydrogens is 468 g/mol. The Labute approximate surface area is 186 Å². The van der Waals surface area contributed by atoms with Crippen LogP contribution in [0.1, 0.15) is 0 Å². The molecule has 0 fully saturated rings. The fourth-order valence-electron chi connectivity index (χ4n) is 3.35. The van der Waals surface area contributed by atoms with Gasteiger partial charge in [-0.05, 0) is 50.5 Å². The number of nitrogens with zero attached hydrogens (tertiary/aromatic N) is 3. The molecule has 1 aromatic heterocycles. The van der Waals surface area contributed by atoms with E-state index in [1.54, 1.807) is 36.4 Å². The van der Waals surface area contributed by atoms with Gasteiger partial charge in [-0.1, -0.05) is 15.9 Å². The fraction of sp³-hybridized carbons (Fsp3) is 0.286. The summed E-state index contributed by atoms with van der Waals surface area (Å²) in [6, 6.07) is 10.3. The first kappa shape index (κ1) is 21.1. The van der Waals surface area contributed by atoms with Crippen LogP contribution in [0.2, 0.25) is 0 Å². The lowest BCUT2D eigenvalue weighted by Gasteiger charge is -2.29. The van der Waals surface area contributed by atoms with Crippen molar-refractivity contribution >= 4 is 50.2 Å². The van der Waals surface area contributed by atoms with Gasteiger partial charge in [0.25, 0.3) is 5.91 Å². The van der Waals surface area contributed by atoms with Crippen LogP contribution in [0.4, 0.5) is 11.4 Å². The number of rotatable bonds is 6. The molecule has 0 bridgehead atoms. The Hall–Kier alpha value is -3.11. The zero-order valence-corrected chi connectivity index (χ0v) is 18.6. The van der Waals surface area contributed by atoms with Crippen molar-refractivity contribution in [2.24, 2.45) is 0 Å². The maximum Gasteiger partial charge on any atom is 0.419 e. The van der Waals surface area contributed by atoms with Crippen LogP contribution >= 0.6 is 15.9 Å². The van der Waals surface area contributed by atoms with Crippen LogP contribution in [0, 0.1) is 0 Å². The molecule has 31 heavy (non-hydrogen) atoms. The summed E-state index contributed by atoms with van der Waals surface area (Å²) in [5.74, 6) is -0.574. The van der Waals surface area contributed by atoms with Gasteiger partial charge in [-0.2, -0.15) is 0 Å². The standard InChI is InChI=1S/C21H21BrN4O5/c1-24(2)7-8-25-16-10-14(4-6-17(16)31-21(25)29)23-19(27)11-26-15-5-3-13(22)9-18(15)30-12-20(26)28/h3-6,9-10H,7-8,11-12H2,1-2H3,(H,23,27). The van der Waals surface area contributed by atoms with E-state index in [-0.39, 0.29) is 25.0 Å². The molecule has 162 valence electrons. The van der Waals surface area contributed by atoms with Crippen molar-refractivity contribution in [2.45, 2.75) is 6.54 Å². The maximum atomic E-state index is 12.7. The second-order valence-corrected chi connectivity index (χ2v) is 8.35. The van der Waals surface area contributed by atoms with E-state index >= 15 is 0 Å². The molecule has 0 saturated carbocycles. The average molecular weight is 489 g/mol. The molecule has 0 aliphatic carbocycles. The third kappa shape index (κ3) is 4.49. The Morgan fingerprint density at radius 1 is 1.19 bits per heavy atom. The van der Waals surface area contributed by atoms with Crippen molar-refractivity contribution in [3.05, 3.63) is 51.4 Å². The first-order valence-corrected chi connectivity index (χ1v) is 10.4. The average Bonchev–Trinajstić information content (AvgIpc) is 3.03. The third-order valence-electron chi connectivity index (χ3n) is 4.89. The molecule has 2 aromatic carbocycles. The second-order valence-electron chi connectivity index (χ2n) is 7.43. The largest absolute Gasteiger partial charge is 0.482 e. The van der Waals surface area contributed by atoms with Gasteiger partial charge in [0.15, 0.2) is 12.2 Å². The zero-order chi connectivity index (χ0) is 22.1. The lowest BCUT2D eigenvalue weighted by molar-refractivity contribution is -0.123. The number of nitrogens with one attached hydrogen (secondary N) is 1. The van der Waals surface area contributed by atoms with Crippen LogP contribution in [0.5, 0.6) is 5.75 Å². The van der Waals surface area contributed by atoms with Crippen LogP contribution in [-0.2, 0) is 16.1 Å². The van der Waals surface area contributed by atoms with Gasteiger partial charge in [0.1, 0.15) is 12.3 Å². The van der Waals surface area contributed by atoms with E-state index in [1.807, 2.05) is 19.0 Å². The summed E-state index contributed by atoms with van der Waals surface area (Å²) in [6.07, 6.45) is 0. The smallest absolute Gasteiger partial charge is 0.419 e. The summed E-state index contributed by atoms with van der Waals surface area (Å²) in [5.41, 5.74) is 2.10. The van der Waals surface area contributed by atoms with E-state index in [0.717, 1.165) is 4.47 Å². The van der Waals surface area contributed by atoms with Crippen LogP contribution in [-0.4, -0.2) is 55.1 Å². The number of hydrogen-bond acceptors (Lipinski definition) is 6. The summed E-state index contributed by atoms with van der Waals surface area (Å²) in [6.45, 7) is 0.841. The first-order chi connectivity index (χ1) is 14.8. The summed E-state index contributed by atoms with van der Waals surface area (Å²) >= 11 is 3.37. The lowest BCUT2D eigenvalue weighted by Crippen LogP contribution is -2.43. The van der Waals surface area contributed by atoms with Crippen LogP contribution < -0.4 is 20.7 Å². The van der Waals surface area contributed by atoms with E-state index in [0.29, 0.717) is 41.3 Å². The normalized spacial score (nSPS) is 13.4. The molecule has 0 atom stereocenters. The molecule has 9 nitrogen and oxygen atoms in total. The highest BCUT2D eigenvalue weighted by Crippen LogP contribution is 2.34. The minimum absolute atomic E-state index is 0.129. The summed E-state index contributed by atoms with van der Waals surface area (Å²) in [7, 11) is 3.84. The minimum Gasteiger partial charge on any atom is -0.482 e. The topological polar surface area (TPSA) is 97.0 Å². The van der Waals surface area contributed by atoms with E-state index < -0.39 is 5.76 Å². The molecule has 3 aromatic rings. The molecular formula is C21H21BrN4O5. The van der Waals surface area contributed by atoms with E-state index in [1.165, 1.54) is 9.47 Å². The number of halogens is 1. The van der Waals surface area contributed by atoms with E-state index in [9.17, 15) is 14.4 Å². The summed E-state index contributed by atoms with van der Waals surface area (Å²) in [5, 5.41) is 2.80. The van der Waals surface area contributed by atoms with E-state index in [2.05, 4.69) is 21.2 Å². The number of anilines is 2. The van der Waals surface area contributed by atoms with Crippen molar-refractivity contribution in [2.75, 3.05) is 44.0 Å². The monoisotopic (exact) mass is 488 g/mol. The number of aromatic nitrogens is 1. The molecule has 1 aliphatic rings. The summed E-state index contributed by atoms with van der Waals surface area (Å²) in [4.78, 5) is 40.5. The molecule has 0 radical (unpaired) electrons. The Kier molecular flexibility index (Phi) is 5.84. The number of carbonyl (C=O) groups excluding carboxylic acids is 2. The van der Waals surface area contributed by atoms with Gasteiger partial charge in [-0.3, -0.25) is 19.1 Å². The van der Waals surface area contributed by atoms with Crippen molar-refractivity contribution < 1.29 is 18.7 Å². The Balaban J connectivity index is 1.53. The predicted molar refractivity (Wildman–Crippen MR) is 120 cm³/mol. The third-order valence-corrected chi connectivity index (χ3v) is 5.38. The van der Waals surface area contributed by atoms with Gasteiger partial charge in [0.05, 0.1) is 11.2 Å². The van der Waals surface area contributed by atoms with Crippen molar-refractivity contribution in [1.82, 2.24) is 9.47 Å². The number of likely N-dealkylation sites (N-methyl/N-ethyl adjacent to an activating group) is 1. The molecule has 0 saturated heterocycles. The molecule has 4 rings (SSSR count). The highest BCUT2D eigenvalue weighted by atomic mass is 79.9. The van der Waals surface area contributed by atoms with Gasteiger partial charge < -0.3 is 19.4 Å². The zero-order valence-electron chi connectivity index (χ0n) is 17.1. The molecule has 1 N–H and O–H groups in total. The molecule has 10 heteroatoms. The fourth-order valence-corrected chi connectivity index (χ4v) is 3.69. The van der Waals surface area contributed by atoms with Crippen molar-refractivity contribution in [3.63, 3.8) is 0 Å². The maximum absolute atomic E-state index is 12.7. The lowest BCUT2D eigenvalue weighted by atomic mass is 10.2. The molecule has 2 heterocycles. The van der Waals surface area contributed by atoms with Gasteiger partial charge in [0, 0.05) is 23.2 Å². The highest BCUT2D eigenvalue weighted by Gasteiger charge is 2.27. The van der Waals surface area contributed by atoms with Crippen molar-refractivity contribution in [3.8, 4) is 5.75 Å². The Morgan fingerprint density at radius 3 is 2.77 bits per heavy atom. The second kappa shape index (κ2) is 8.56. The van der Waals surface area contributed by atoms with Crippen molar-refractivity contribution in [1.29, 1.82) is 0 Å². The highest BCUT2D eigenvalue weighted by molar-refractivity contribution is 9.10. The predicted octanol–water partition coefficient (Wildman–Crippen LogP) is 2.28. The number of ether oxygens (including phenoxy) is 1. The molecule has 0 spiro atoms. The molecule has 1 aliphatic heterocycles. The summed E-state index contributed by atoms with van der Waals surface area (Å²) < 4.78 is 13.1. The molecule has 2 amide bonds. The SMILES string of the molecule is CN(C)CCn1c(=O)oc2ccc(NC(=O)CN3C(=O)COc4cc(Br)ccc43)cc21. The number of hydrogen-bond donors (Lipinski definition) is 1. The number of fused-ring (bicyclic) bond motifs is 2. The van der Waals surface area contributed by atoms with Crippen LogP contribution in [0.25, 0.3) is 11.1 Å². The van der Waals surface area contributed by atoms with Gasteiger partial charge in [-0.15, -0.1) is 0 Å². The van der Waals surface area contributed by atoms with Gasteiger partial charge in [-0.25, -0.2) is 4.79 Å². The van der Waals surface area contributed by atoms with E-state index in [4.69, 9.17) is 9.15 Å². The van der Waals surface area contributed by atoms with Gasteiger partial charge >= 0.3 is 5.76 Å². The number of benzene rings is 2. The Morgan fingerprint density at radius 2 is 2.00 bits per heavy atom. The quantitative estimate of drug-likeness (QED) is 0.571. The number of oxazole rings is 1. The van der Waals surface area contributed by atoms with Crippen LogP contribution in [0.15, 0.2) is 50.1 Å². The minimum atomic E-state index is -0.443. The number of amides is 2. The Bertz CT molecular complexity index is 1220. The molecule has 0 unspecified atom stereocenters. The van der Waals surface area contributed by atoms with Gasteiger partial charge in [0.2, 0.25) is 5.91 Å². The number of carbonyl (C=O) groups is 2. The van der Waals surface area contributed by atoms with Crippen LogP contribution in [0.3, 0.4) is 0 Å². The first-order valence-electron chi connectivity index (χ1n) is 9.62.